The molecular weight excluding hydrogens is 499 g/mol. The van der Waals surface area contributed by atoms with Gasteiger partial charge in [0.2, 0.25) is 5.91 Å². The van der Waals surface area contributed by atoms with E-state index in [9.17, 15) is 14.4 Å². The Hall–Kier alpha value is -3.94. The molecule has 3 aromatic carbocycles. The summed E-state index contributed by atoms with van der Waals surface area (Å²) < 4.78 is 0. The van der Waals surface area contributed by atoms with E-state index >= 15 is 0 Å². The largest absolute Gasteiger partial charge is 0.351 e. The van der Waals surface area contributed by atoms with Crippen molar-refractivity contribution in [3.8, 4) is 11.3 Å². The summed E-state index contributed by atoms with van der Waals surface area (Å²) in [6.45, 7) is 1.81. The minimum atomic E-state index is -0.695. The number of imidazole rings is 1. The molecule has 182 valence electrons. The molecule has 0 spiro atoms. The molecule has 7 nitrogen and oxygen atoms in total. The van der Waals surface area contributed by atoms with Gasteiger partial charge in [-0.1, -0.05) is 48.0 Å². The molecular formula is C27H22Cl2N4O3. The Balaban J connectivity index is 0.00000304. The SMILES string of the molecule is Cc1cccc2c1N(CC(=O)N(Cc1cccc(Cl)c1)c1ccc(-c3c[nH]cn3)cc1)C(=O)C2=O.Cl. The molecule has 36 heavy (non-hydrogen) atoms. The number of halogens is 2. The number of amides is 2. The average Bonchev–Trinajstić information content (AvgIpc) is 3.47. The molecule has 2 heterocycles. The Labute approximate surface area is 219 Å². The number of carbonyl (C=O) groups excluding carboxylic acids is 3. The lowest BCUT2D eigenvalue weighted by molar-refractivity contribution is -0.120. The number of benzene rings is 3. The van der Waals surface area contributed by atoms with Crippen LogP contribution in [-0.2, 0) is 16.1 Å². The second kappa shape index (κ2) is 10.4. The van der Waals surface area contributed by atoms with Gasteiger partial charge in [0, 0.05) is 22.5 Å². The van der Waals surface area contributed by atoms with Gasteiger partial charge in [0.25, 0.3) is 11.7 Å². The maximum Gasteiger partial charge on any atom is 0.299 e. The van der Waals surface area contributed by atoms with Gasteiger partial charge in [0.15, 0.2) is 0 Å². The van der Waals surface area contributed by atoms with Crippen LogP contribution in [0.15, 0.2) is 79.3 Å². The number of H-pyrrole nitrogens is 1. The third kappa shape index (κ3) is 4.76. The highest BCUT2D eigenvalue weighted by atomic mass is 35.5. The second-order valence-corrected chi connectivity index (χ2v) is 8.74. The zero-order valence-corrected chi connectivity index (χ0v) is 20.8. The van der Waals surface area contributed by atoms with Crippen LogP contribution in [0.3, 0.4) is 0 Å². The molecule has 1 N–H and O–H groups in total. The second-order valence-electron chi connectivity index (χ2n) is 8.30. The lowest BCUT2D eigenvalue weighted by atomic mass is 10.1. The fraction of sp³-hybridized carbons (Fsp3) is 0.111. The maximum atomic E-state index is 13.6. The highest BCUT2D eigenvalue weighted by molar-refractivity contribution is 6.52. The number of carbonyl (C=O) groups is 3. The van der Waals surface area contributed by atoms with Crippen LogP contribution >= 0.6 is 24.0 Å². The molecule has 0 saturated heterocycles. The third-order valence-electron chi connectivity index (χ3n) is 5.99. The molecule has 0 bridgehead atoms. The standard InChI is InChI=1S/C27H21ClN4O3.ClH/c1-17-4-2-7-22-25(17)32(27(35)26(22)34)15-24(33)31(14-18-5-3-6-20(28)12-18)21-10-8-19(9-11-21)23-13-29-16-30-23;/h2-13,16H,14-15H2,1H3,(H,29,30);1H. The molecule has 1 aromatic heterocycles. The Morgan fingerprint density at radius 2 is 1.81 bits per heavy atom. The van der Waals surface area contributed by atoms with Crippen molar-refractivity contribution in [2.75, 3.05) is 16.3 Å². The predicted octanol–water partition coefficient (Wildman–Crippen LogP) is 5.22. The van der Waals surface area contributed by atoms with Gasteiger partial charge in [-0.05, 0) is 48.4 Å². The Kier molecular flexibility index (Phi) is 7.24. The van der Waals surface area contributed by atoms with E-state index in [-0.39, 0.29) is 31.4 Å². The maximum absolute atomic E-state index is 13.6. The molecule has 2 amide bonds. The number of nitrogens with one attached hydrogen (secondary N) is 1. The van der Waals surface area contributed by atoms with E-state index in [1.165, 1.54) is 4.90 Å². The van der Waals surface area contributed by atoms with Crippen LogP contribution in [0.4, 0.5) is 11.4 Å². The summed E-state index contributed by atoms with van der Waals surface area (Å²) in [5.41, 5.74) is 4.76. The number of aromatic nitrogens is 2. The zero-order chi connectivity index (χ0) is 24.5. The monoisotopic (exact) mass is 520 g/mol. The van der Waals surface area contributed by atoms with E-state index in [2.05, 4.69) is 9.97 Å². The highest BCUT2D eigenvalue weighted by Gasteiger charge is 2.38. The summed E-state index contributed by atoms with van der Waals surface area (Å²) in [6, 6.07) is 19.9. The molecule has 0 fully saturated rings. The molecule has 0 saturated carbocycles. The van der Waals surface area contributed by atoms with E-state index in [4.69, 9.17) is 11.6 Å². The van der Waals surface area contributed by atoms with Crippen molar-refractivity contribution in [3.63, 3.8) is 0 Å². The molecule has 5 rings (SSSR count). The van der Waals surface area contributed by atoms with Crippen molar-refractivity contribution in [2.24, 2.45) is 0 Å². The van der Waals surface area contributed by atoms with Crippen molar-refractivity contribution in [2.45, 2.75) is 13.5 Å². The van der Waals surface area contributed by atoms with Gasteiger partial charge in [0.05, 0.1) is 29.8 Å². The van der Waals surface area contributed by atoms with Crippen LogP contribution in [-0.4, -0.2) is 34.1 Å². The number of rotatable bonds is 6. The normalized spacial score (nSPS) is 12.3. The minimum absolute atomic E-state index is 0. The number of anilines is 2. The van der Waals surface area contributed by atoms with E-state index in [0.29, 0.717) is 22.0 Å². The van der Waals surface area contributed by atoms with Crippen LogP contribution in [0.25, 0.3) is 11.3 Å². The average molecular weight is 521 g/mol. The van der Waals surface area contributed by atoms with Gasteiger partial charge < -0.3 is 9.88 Å². The topological polar surface area (TPSA) is 86.4 Å². The van der Waals surface area contributed by atoms with Crippen LogP contribution in [0.2, 0.25) is 5.02 Å². The predicted molar refractivity (Wildman–Crippen MR) is 142 cm³/mol. The fourth-order valence-corrected chi connectivity index (χ4v) is 4.50. The number of hydrogen-bond donors (Lipinski definition) is 1. The molecule has 1 aliphatic heterocycles. The van der Waals surface area contributed by atoms with Crippen LogP contribution in [0, 0.1) is 6.92 Å². The molecule has 1 aliphatic rings. The summed E-state index contributed by atoms with van der Waals surface area (Å²) in [5.74, 6) is -1.62. The van der Waals surface area contributed by atoms with Gasteiger partial charge in [-0.25, -0.2) is 4.98 Å². The summed E-state index contributed by atoms with van der Waals surface area (Å²) in [4.78, 5) is 49.0. The fourth-order valence-electron chi connectivity index (χ4n) is 4.28. The van der Waals surface area contributed by atoms with Gasteiger partial charge >= 0.3 is 0 Å². The van der Waals surface area contributed by atoms with Crippen molar-refractivity contribution in [3.05, 3.63) is 101 Å². The zero-order valence-electron chi connectivity index (χ0n) is 19.3. The van der Waals surface area contributed by atoms with E-state index in [1.807, 2.05) is 49.4 Å². The first kappa shape index (κ1) is 25.2. The van der Waals surface area contributed by atoms with Crippen LogP contribution < -0.4 is 9.80 Å². The number of aromatic amines is 1. The summed E-state index contributed by atoms with van der Waals surface area (Å²) in [7, 11) is 0. The quantitative estimate of drug-likeness (QED) is 0.353. The first-order valence-corrected chi connectivity index (χ1v) is 11.4. The van der Waals surface area contributed by atoms with Gasteiger partial charge in [-0.3, -0.25) is 19.3 Å². The molecule has 0 radical (unpaired) electrons. The van der Waals surface area contributed by atoms with Crippen molar-refractivity contribution < 1.29 is 14.4 Å². The smallest absolute Gasteiger partial charge is 0.299 e. The number of para-hydroxylation sites is 1. The Bertz CT molecular complexity index is 1440. The molecule has 9 heteroatoms. The Morgan fingerprint density at radius 1 is 1.06 bits per heavy atom. The number of aryl methyl sites for hydroxylation is 1. The molecule has 0 unspecified atom stereocenters. The van der Waals surface area contributed by atoms with Crippen molar-refractivity contribution in [1.82, 2.24) is 9.97 Å². The number of nitrogens with zero attached hydrogens (tertiary/aromatic N) is 3. The molecule has 4 aromatic rings. The van der Waals surface area contributed by atoms with Crippen LogP contribution in [0.5, 0.6) is 0 Å². The highest BCUT2D eigenvalue weighted by Crippen LogP contribution is 2.32. The third-order valence-corrected chi connectivity index (χ3v) is 6.22. The lowest BCUT2D eigenvalue weighted by Gasteiger charge is -2.26. The summed E-state index contributed by atoms with van der Waals surface area (Å²) >= 11 is 6.17. The van der Waals surface area contributed by atoms with E-state index in [1.54, 1.807) is 41.7 Å². The van der Waals surface area contributed by atoms with Crippen LogP contribution in [0.1, 0.15) is 21.5 Å². The molecule has 0 aliphatic carbocycles. The van der Waals surface area contributed by atoms with Gasteiger partial charge in [0.1, 0.15) is 6.54 Å². The van der Waals surface area contributed by atoms with Crippen molar-refractivity contribution >= 4 is 53.0 Å². The van der Waals surface area contributed by atoms with Gasteiger partial charge in [-0.2, -0.15) is 0 Å². The lowest BCUT2D eigenvalue weighted by Crippen LogP contribution is -2.42. The minimum Gasteiger partial charge on any atom is -0.351 e. The Morgan fingerprint density at radius 3 is 2.50 bits per heavy atom. The summed E-state index contributed by atoms with van der Waals surface area (Å²) in [6.07, 6.45) is 3.39. The number of Topliss-reactive ketones (excluding diaryl/α,β-unsaturated/α-hetero) is 1. The number of fused-ring (bicyclic) bond motifs is 1. The molecule has 0 atom stereocenters. The van der Waals surface area contributed by atoms with E-state index < -0.39 is 11.7 Å². The summed E-state index contributed by atoms with van der Waals surface area (Å²) in [5, 5.41) is 0.564. The number of ketones is 1. The number of hydrogen-bond acceptors (Lipinski definition) is 4. The van der Waals surface area contributed by atoms with Crippen molar-refractivity contribution in [1.29, 1.82) is 0 Å². The van der Waals surface area contributed by atoms with Gasteiger partial charge in [-0.15, -0.1) is 12.4 Å². The first-order chi connectivity index (χ1) is 16.9. The first-order valence-electron chi connectivity index (χ1n) is 11.0. The van der Waals surface area contributed by atoms with E-state index in [0.717, 1.165) is 22.4 Å².